The van der Waals surface area contributed by atoms with E-state index in [0.717, 1.165) is 28.6 Å². The molecule has 1 rings (SSSR count). The molecule has 3 nitrogen and oxygen atoms in total. The summed E-state index contributed by atoms with van der Waals surface area (Å²) in [6.45, 7) is 10.3. The first-order chi connectivity index (χ1) is 9.32. The van der Waals surface area contributed by atoms with Crippen LogP contribution in [0.4, 0.5) is 0 Å². The Bertz CT molecular complexity index is 472. The van der Waals surface area contributed by atoms with Crippen molar-refractivity contribution >= 4 is 21.8 Å². The molecule has 0 fully saturated rings. The van der Waals surface area contributed by atoms with Crippen LogP contribution >= 0.6 is 15.9 Å². The Hall–Kier alpha value is -0.870. The van der Waals surface area contributed by atoms with E-state index in [4.69, 9.17) is 5.73 Å². The minimum atomic E-state index is -0.0683. The number of amides is 1. The van der Waals surface area contributed by atoms with E-state index < -0.39 is 0 Å². The predicted octanol–water partition coefficient (Wildman–Crippen LogP) is 3.59. The fraction of sp³-hybridized carbons (Fsp3) is 0.562. The first-order valence-corrected chi connectivity index (χ1v) is 7.86. The van der Waals surface area contributed by atoms with Crippen molar-refractivity contribution in [1.29, 1.82) is 0 Å². The van der Waals surface area contributed by atoms with Gasteiger partial charge >= 0.3 is 0 Å². The van der Waals surface area contributed by atoms with Crippen LogP contribution in [0.25, 0.3) is 0 Å². The highest BCUT2D eigenvalue weighted by Gasteiger charge is 2.25. The highest BCUT2D eigenvalue weighted by atomic mass is 79.9. The Morgan fingerprint density at radius 2 is 2.05 bits per heavy atom. The largest absolute Gasteiger partial charge is 0.338 e. The van der Waals surface area contributed by atoms with E-state index in [0.29, 0.717) is 13.1 Å². The third-order valence-electron chi connectivity index (χ3n) is 3.37. The molecule has 0 saturated carbocycles. The quantitative estimate of drug-likeness (QED) is 0.859. The summed E-state index contributed by atoms with van der Waals surface area (Å²) in [6, 6.07) is 5.79. The SMILES string of the molecule is CCCN(CC(C)(C)CN)C(=O)c1cccc(C)c1Br. The van der Waals surface area contributed by atoms with Gasteiger partial charge < -0.3 is 10.6 Å². The van der Waals surface area contributed by atoms with Gasteiger partial charge in [0, 0.05) is 17.6 Å². The van der Waals surface area contributed by atoms with Crippen molar-refractivity contribution < 1.29 is 4.79 Å². The van der Waals surface area contributed by atoms with Gasteiger partial charge in [-0.05, 0) is 52.9 Å². The molecular weight excluding hydrogens is 316 g/mol. The monoisotopic (exact) mass is 340 g/mol. The van der Waals surface area contributed by atoms with Crippen LogP contribution in [0.1, 0.15) is 43.1 Å². The molecule has 1 amide bonds. The zero-order valence-corrected chi connectivity index (χ0v) is 14.5. The average molecular weight is 341 g/mol. The lowest BCUT2D eigenvalue weighted by molar-refractivity contribution is 0.0688. The van der Waals surface area contributed by atoms with E-state index in [1.165, 1.54) is 0 Å². The third kappa shape index (κ3) is 4.32. The molecule has 4 heteroatoms. The van der Waals surface area contributed by atoms with Gasteiger partial charge in [-0.2, -0.15) is 0 Å². The minimum absolute atomic E-state index is 0.0683. The van der Waals surface area contributed by atoms with Crippen molar-refractivity contribution in [3.8, 4) is 0 Å². The first-order valence-electron chi connectivity index (χ1n) is 7.07. The van der Waals surface area contributed by atoms with Gasteiger partial charge in [-0.3, -0.25) is 4.79 Å². The lowest BCUT2D eigenvalue weighted by Crippen LogP contribution is -2.42. The van der Waals surface area contributed by atoms with E-state index in [9.17, 15) is 4.79 Å². The summed E-state index contributed by atoms with van der Waals surface area (Å²) in [5.74, 6) is 0.0731. The second kappa shape index (κ2) is 7.23. The van der Waals surface area contributed by atoms with Crippen LogP contribution in [0.5, 0.6) is 0 Å². The fourth-order valence-electron chi connectivity index (χ4n) is 2.09. The number of carbonyl (C=O) groups is 1. The molecule has 1 aromatic carbocycles. The van der Waals surface area contributed by atoms with Crippen LogP contribution < -0.4 is 5.73 Å². The summed E-state index contributed by atoms with van der Waals surface area (Å²) in [5, 5.41) is 0. The normalized spacial score (nSPS) is 11.5. The van der Waals surface area contributed by atoms with E-state index in [1.54, 1.807) is 0 Å². The van der Waals surface area contributed by atoms with Gasteiger partial charge in [-0.25, -0.2) is 0 Å². The molecule has 0 radical (unpaired) electrons. The number of hydrogen-bond acceptors (Lipinski definition) is 2. The molecule has 0 unspecified atom stereocenters. The maximum Gasteiger partial charge on any atom is 0.255 e. The van der Waals surface area contributed by atoms with Gasteiger partial charge in [0.05, 0.1) is 5.56 Å². The maximum atomic E-state index is 12.8. The lowest BCUT2D eigenvalue weighted by atomic mass is 9.92. The minimum Gasteiger partial charge on any atom is -0.338 e. The van der Waals surface area contributed by atoms with Crippen LogP contribution in [-0.4, -0.2) is 30.4 Å². The molecule has 20 heavy (non-hydrogen) atoms. The zero-order valence-electron chi connectivity index (χ0n) is 12.9. The Morgan fingerprint density at radius 3 is 2.60 bits per heavy atom. The van der Waals surface area contributed by atoms with Gasteiger partial charge in [-0.1, -0.05) is 32.9 Å². The topological polar surface area (TPSA) is 46.3 Å². The number of rotatable bonds is 6. The van der Waals surface area contributed by atoms with Crippen molar-refractivity contribution in [1.82, 2.24) is 4.90 Å². The molecule has 0 heterocycles. The number of carbonyl (C=O) groups excluding carboxylic acids is 1. The number of aryl methyl sites for hydroxylation is 1. The van der Waals surface area contributed by atoms with Gasteiger partial charge in [-0.15, -0.1) is 0 Å². The molecule has 0 saturated heterocycles. The van der Waals surface area contributed by atoms with E-state index in [2.05, 4.69) is 36.7 Å². The molecule has 0 bridgehead atoms. The van der Waals surface area contributed by atoms with Crippen LogP contribution in [0, 0.1) is 12.3 Å². The standard InChI is InChI=1S/C16H25BrN2O/c1-5-9-19(11-16(3,4)10-18)15(20)13-8-6-7-12(2)14(13)17/h6-8H,5,9-11,18H2,1-4H3. The summed E-state index contributed by atoms with van der Waals surface area (Å²) in [5.41, 5.74) is 7.53. The molecule has 0 atom stereocenters. The van der Waals surface area contributed by atoms with Gasteiger partial charge in [0.15, 0.2) is 0 Å². The van der Waals surface area contributed by atoms with Crippen molar-refractivity contribution in [2.45, 2.75) is 34.1 Å². The number of halogens is 1. The Morgan fingerprint density at radius 1 is 1.40 bits per heavy atom. The molecule has 0 aliphatic rings. The lowest BCUT2D eigenvalue weighted by Gasteiger charge is -2.32. The molecule has 1 aromatic rings. The molecular formula is C16H25BrN2O. The Kier molecular flexibility index (Phi) is 6.21. The van der Waals surface area contributed by atoms with E-state index in [-0.39, 0.29) is 11.3 Å². The second-order valence-electron chi connectivity index (χ2n) is 6.03. The number of nitrogens with two attached hydrogens (primary N) is 1. The summed E-state index contributed by atoms with van der Waals surface area (Å²) >= 11 is 3.52. The number of hydrogen-bond donors (Lipinski definition) is 1. The molecule has 0 spiro atoms. The summed E-state index contributed by atoms with van der Waals surface area (Å²) in [4.78, 5) is 14.7. The smallest absolute Gasteiger partial charge is 0.255 e. The summed E-state index contributed by atoms with van der Waals surface area (Å²) in [7, 11) is 0. The molecule has 2 N–H and O–H groups in total. The van der Waals surface area contributed by atoms with Crippen LogP contribution in [0.15, 0.2) is 22.7 Å². The van der Waals surface area contributed by atoms with Crippen molar-refractivity contribution in [3.05, 3.63) is 33.8 Å². The zero-order chi connectivity index (χ0) is 15.3. The van der Waals surface area contributed by atoms with Crippen LogP contribution in [-0.2, 0) is 0 Å². The van der Waals surface area contributed by atoms with Gasteiger partial charge in [0.2, 0.25) is 0 Å². The third-order valence-corrected chi connectivity index (χ3v) is 4.43. The molecule has 0 aromatic heterocycles. The summed E-state index contributed by atoms with van der Waals surface area (Å²) in [6.07, 6.45) is 0.940. The van der Waals surface area contributed by atoms with Crippen molar-refractivity contribution in [3.63, 3.8) is 0 Å². The maximum absolute atomic E-state index is 12.8. The van der Waals surface area contributed by atoms with Crippen LogP contribution in [0.2, 0.25) is 0 Å². The molecule has 0 aliphatic heterocycles. The predicted molar refractivity (Wildman–Crippen MR) is 87.9 cm³/mol. The van der Waals surface area contributed by atoms with Crippen molar-refractivity contribution in [2.75, 3.05) is 19.6 Å². The molecule has 0 aliphatic carbocycles. The second-order valence-corrected chi connectivity index (χ2v) is 6.82. The average Bonchev–Trinajstić information content (AvgIpc) is 2.40. The van der Waals surface area contributed by atoms with Crippen molar-refractivity contribution in [2.24, 2.45) is 11.1 Å². The fourth-order valence-corrected chi connectivity index (χ4v) is 2.52. The highest BCUT2D eigenvalue weighted by molar-refractivity contribution is 9.10. The van der Waals surface area contributed by atoms with Gasteiger partial charge in [0.1, 0.15) is 0 Å². The summed E-state index contributed by atoms with van der Waals surface area (Å²) < 4.78 is 0.886. The van der Waals surface area contributed by atoms with E-state index in [1.807, 2.05) is 30.0 Å². The number of benzene rings is 1. The number of nitrogens with zero attached hydrogens (tertiary/aromatic N) is 1. The van der Waals surface area contributed by atoms with Gasteiger partial charge in [0.25, 0.3) is 5.91 Å². The first kappa shape index (κ1) is 17.2. The van der Waals surface area contributed by atoms with Crippen LogP contribution in [0.3, 0.4) is 0 Å². The molecule has 112 valence electrons. The highest BCUT2D eigenvalue weighted by Crippen LogP contribution is 2.24. The Labute approximate surface area is 130 Å². The Balaban J connectivity index is 3.02. The van der Waals surface area contributed by atoms with E-state index >= 15 is 0 Å².